The van der Waals surface area contributed by atoms with Gasteiger partial charge in [0, 0.05) is 24.0 Å². The second-order valence-electron chi connectivity index (χ2n) is 5.65. The van der Waals surface area contributed by atoms with E-state index in [4.69, 9.17) is 16.0 Å². The average Bonchev–Trinajstić information content (AvgIpc) is 2.78. The zero-order chi connectivity index (χ0) is 14.3. The number of hydrogen-bond acceptors (Lipinski definition) is 2. The van der Waals surface area contributed by atoms with Gasteiger partial charge in [0.1, 0.15) is 0 Å². The maximum atomic E-state index is 12.6. The standard InChI is InChI=1S/C16H18ClNO2/c1-10-6-8-18(9-7-10)16(19)14-11(2)12-4-3-5-13(17)15(12)20-14/h3-5,10H,6-9H2,1-2H3. The van der Waals surface area contributed by atoms with Gasteiger partial charge in [-0.2, -0.15) is 0 Å². The first-order valence-electron chi connectivity index (χ1n) is 7.05. The van der Waals surface area contributed by atoms with Crippen LogP contribution in [0.2, 0.25) is 5.02 Å². The van der Waals surface area contributed by atoms with Crippen LogP contribution in [0.4, 0.5) is 0 Å². The Kier molecular flexibility index (Phi) is 3.47. The van der Waals surface area contributed by atoms with Crippen LogP contribution >= 0.6 is 11.6 Å². The number of carbonyl (C=O) groups is 1. The highest BCUT2D eigenvalue weighted by Gasteiger charge is 2.26. The van der Waals surface area contributed by atoms with Crippen molar-refractivity contribution in [3.8, 4) is 0 Å². The maximum absolute atomic E-state index is 12.6. The van der Waals surface area contributed by atoms with E-state index in [1.807, 2.05) is 24.0 Å². The Morgan fingerprint density at radius 3 is 2.70 bits per heavy atom. The zero-order valence-electron chi connectivity index (χ0n) is 11.8. The van der Waals surface area contributed by atoms with E-state index >= 15 is 0 Å². The molecule has 3 nitrogen and oxygen atoms in total. The Labute approximate surface area is 123 Å². The van der Waals surface area contributed by atoms with E-state index < -0.39 is 0 Å². The third-order valence-corrected chi connectivity index (χ3v) is 4.48. The number of nitrogens with zero attached hydrogens (tertiary/aromatic N) is 1. The minimum Gasteiger partial charge on any atom is -0.449 e. The Bertz CT molecular complexity index is 654. The van der Waals surface area contributed by atoms with Crippen molar-refractivity contribution in [2.45, 2.75) is 26.7 Å². The van der Waals surface area contributed by atoms with Gasteiger partial charge in [-0.15, -0.1) is 0 Å². The van der Waals surface area contributed by atoms with Crippen LogP contribution < -0.4 is 0 Å². The number of halogens is 1. The Morgan fingerprint density at radius 1 is 1.35 bits per heavy atom. The molecule has 0 aliphatic carbocycles. The topological polar surface area (TPSA) is 33.5 Å². The maximum Gasteiger partial charge on any atom is 0.289 e. The van der Waals surface area contributed by atoms with E-state index in [1.54, 1.807) is 6.07 Å². The van der Waals surface area contributed by atoms with Crippen molar-refractivity contribution in [1.29, 1.82) is 0 Å². The molecule has 1 amide bonds. The number of benzene rings is 1. The SMILES string of the molecule is Cc1c(C(=O)N2CCC(C)CC2)oc2c(Cl)cccc12. The van der Waals surface area contributed by atoms with Crippen LogP contribution in [-0.2, 0) is 0 Å². The molecule has 20 heavy (non-hydrogen) atoms. The summed E-state index contributed by atoms with van der Waals surface area (Å²) in [5.74, 6) is 1.12. The predicted molar refractivity (Wildman–Crippen MR) is 80.3 cm³/mol. The number of likely N-dealkylation sites (tertiary alicyclic amines) is 1. The summed E-state index contributed by atoms with van der Waals surface area (Å²) in [6.45, 7) is 5.77. The number of para-hydroxylation sites is 1. The molecule has 1 aliphatic rings. The molecule has 1 fully saturated rings. The van der Waals surface area contributed by atoms with Crippen LogP contribution in [0.5, 0.6) is 0 Å². The molecule has 106 valence electrons. The molecular weight excluding hydrogens is 274 g/mol. The highest BCUT2D eigenvalue weighted by molar-refractivity contribution is 6.35. The molecular formula is C16H18ClNO2. The molecule has 1 aromatic heterocycles. The van der Waals surface area contributed by atoms with Crippen LogP contribution in [0.3, 0.4) is 0 Å². The first-order valence-corrected chi connectivity index (χ1v) is 7.42. The lowest BCUT2D eigenvalue weighted by molar-refractivity contribution is 0.0666. The molecule has 1 saturated heterocycles. The van der Waals surface area contributed by atoms with Gasteiger partial charge >= 0.3 is 0 Å². The number of amides is 1. The van der Waals surface area contributed by atoms with Gasteiger partial charge in [0.25, 0.3) is 5.91 Å². The van der Waals surface area contributed by atoms with Gasteiger partial charge in [0.2, 0.25) is 0 Å². The van der Waals surface area contributed by atoms with Crippen LogP contribution in [0.25, 0.3) is 11.0 Å². The van der Waals surface area contributed by atoms with E-state index in [9.17, 15) is 4.79 Å². The van der Waals surface area contributed by atoms with Crippen LogP contribution in [0.15, 0.2) is 22.6 Å². The quantitative estimate of drug-likeness (QED) is 0.786. The number of rotatable bonds is 1. The summed E-state index contributed by atoms with van der Waals surface area (Å²) < 4.78 is 5.75. The van der Waals surface area contributed by atoms with Crippen molar-refractivity contribution in [2.24, 2.45) is 5.92 Å². The third kappa shape index (κ3) is 2.20. The fourth-order valence-electron chi connectivity index (χ4n) is 2.77. The fourth-order valence-corrected chi connectivity index (χ4v) is 2.98. The second-order valence-corrected chi connectivity index (χ2v) is 6.05. The summed E-state index contributed by atoms with van der Waals surface area (Å²) in [5, 5.41) is 1.48. The Balaban J connectivity index is 1.96. The van der Waals surface area contributed by atoms with E-state index in [0.29, 0.717) is 22.3 Å². The van der Waals surface area contributed by atoms with Crippen molar-refractivity contribution < 1.29 is 9.21 Å². The zero-order valence-corrected chi connectivity index (χ0v) is 12.5. The van der Waals surface area contributed by atoms with Crippen molar-refractivity contribution in [3.63, 3.8) is 0 Å². The van der Waals surface area contributed by atoms with Crippen molar-refractivity contribution in [3.05, 3.63) is 34.5 Å². The summed E-state index contributed by atoms with van der Waals surface area (Å²) in [6.07, 6.45) is 2.12. The molecule has 0 bridgehead atoms. The van der Waals surface area contributed by atoms with Gasteiger partial charge in [-0.25, -0.2) is 0 Å². The molecule has 1 aliphatic heterocycles. The van der Waals surface area contributed by atoms with Gasteiger partial charge in [-0.3, -0.25) is 4.79 Å². The molecule has 0 N–H and O–H groups in total. The Morgan fingerprint density at radius 2 is 2.05 bits per heavy atom. The normalized spacial score (nSPS) is 16.9. The molecule has 0 atom stereocenters. The number of piperidine rings is 1. The first-order chi connectivity index (χ1) is 9.58. The van der Waals surface area contributed by atoms with E-state index in [0.717, 1.165) is 36.9 Å². The van der Waals surface area contributed by atoms with Crippen LogP contribution in [0, 0.1) is 12.8 Å². The summed E-state index contributed by atoms with van der Waals surface area (Å²) in [7, 11) is 0. The van der Waals surface area contributed by atoms with Crippen molar-refractivity contribution in [1.82, 2.24) is 4.90 Å². The van der Waals surface area contributed by atoms with Gasteiger partial charge in [0.15, 0.2) is 11.3 Å². The van der Waals surface area contributed by atoms with Gasteiger partial charge in [-0.1, -0.05) is 30.7 Å². The summed E-state index contributed by atoms with van der Waals surface area (Å²) in [4.78, 5) is 14.5. The molecule has 4 heteroatoms. The van der Waals surface area contributed by atoms with Crippen LogP contribution in [-0.4, -0.2) is 23.9 Å². The van der Waals surface area contributed by atoms with Crippen molar-refractivity contribution >= 4 is 28.5 Å². The van der Waals surface area contributed by atoms with Gasteiger partial charge in [0.05, 0.1) is 5.02 Å². The summed E-state index contributed by atoms with van der Waals surface area (Å²) in [5.41, 5.74) is 1.49. The molecule has 3 rings (SSSR count). The highest BCUT2D eigenvalue weighted by Crippen LogP contribution is 2.31. The lowest BCUT2D eigenvalue weighted by Gasteiger charge is -2.29. The minimum atomic E-state index is -0.0123. The second kappa shape index (κ2) is 5.13. The highest BCUT2D eigenvalue weighted by atomic mass is 35.5. The fraction of sp³-hybridized carbons (Fsp3) is 0.438. The number of fused-ring (bicyclic) bond motifs is 1. The van der Waals surface area contributed by atoms with Crippen LogP contribution in [0.1, 0.15) is 35.9 Å². The molecule has 0 radical (unpaired) electrons. The lowest BCUT2D eigenvalue weighted by Crippen LogP contribution is -2.38. The monoisotopic (exact) mass is 291 g/mol. The smallest absolute Gasteiger partial charge is 0.289 e. The van der Waals surface area contributed by atoms with Crippen molar-refractivity contribution in [2.75, 3.05) is 13.1 Å². The summed E-state index contributed by atoms with van der Waals surface area (Å²) in [6, 6.07) is 5.60. The number of furan rings is 1. The largest absolute Gasteiger partial charge is 0.449 e. The van der Waals surface area contributed by atoms with E-state index in [-0.39, 0.29) is 5.91 Å². The van der Waals surface area contributed by atoms with E-state index in [2.05, 4.69) is 6.92 Å². The third-order valence-electron chi connectivity index (χ3n) is 4.18. The predicted octanol–water partition coefficient (Wildman–Crippen LogP) is 4.27. The Hall–Kier alpha value is -1.48. The number of hydrogen-bond donors (Lipinski definition) is 0. The summed E-state index contributed by atoms with van der Waals surface area (Å²) >= 11 is 6.13. The number of aryl methyl sites for hydroxylation is 1. The average molecular weight is 292 g/mol. The molecule has 0 saturated carbocycles. The molecule has 2 heterocycles. The van der Waals surface area contributed by atoms with Gasteiger partial charge in [-0.05, 0) is 31.7 Å². The minimum absolute atomic E-state index is 0.0123. The molecule has 0 spiro atoms. The molecule has 1 aromatic carbocycles. The molecule has 2 aromatic rings. The lowest BCUT2D eigenvalue weighted by atomic mass is 9.99. The van der Waals surface area contributed by atoms with E-state index in [1.165, 1.54) is 0 Å². The first kappa shape index (κ1) is 13.5. The van der Waals surface area contributed by atoms with Gasteiger partial charge < -0.3 is 9.32 Å². The molecule has 0 unspecified atom stereocenters. The number of carbonyl (C=O) groups excluding carboxylic acids is 1.